The van der Waals surface area contributed by atoms with Gasteiger partial charge in [-0.25, -0.2) is 9.59 Å². The first-order valence-electron chi connectivity index (χ1n) is 13.7. The number of nitrogens with zero attached hydrogens (tertiary/aromatic N) is 3. The minimum Gasteiger partial charge on any atom is -0.462 e. The van der Waals surface area contributed by atoms with Crippen molar-refractivity contribution in [2.75, 3.05) is 18.5 Å². The maximum atomic E-state index is 13.6. The van der Waals surface area contributed by atoms with Gasteiger partial charge in [0.15, 0.2) is 11.0 Å². The summed E-state index contributed by atoms with van der Waals surface area (Å²) in [5.74, 6) is -2.27. The number of amides is 2. The molecule has 0 aliphatic heterocycles. The molecule has 0 bridgehead atoms. The van der Waals surface area contributed by atoms with Crippen LogP contribution in [0.2, 0.25) is 0 Å². The van der Waals surface area contributed by atoms with E-state index in [2.05, 4.69) is 20.8 Å². The number of benzene rings is 1. The van der Waals surface area contributed by atoms with E-state index in [4.69, 9.17) is 9.47 Å². The molecule has 46 heavy (non-hydrogen) atoms. The zero-order valence-electron chi connectivity index (χ0n) is 24.9. The van der Waals surface area contributed by atoms with Gasteiger partial charge in [0.25, 0.3) is 5.91 Å². The van der Waals surface area contributed by atoms with Gasteiger partial charge in [-0.2, -0.15) is 13.2 Å². The van der Waals surface area contributed by atoms with Gasteiger partial charge in [0, 0.05) is 0 Å². The molecule has 2 amide bonds. The summed E-state index contributed by atoms with van der Waals surface area (Å²) in [7, 11) is 0. The zero-order valence-corrected chi connectivity index (χ0v) is 27.3. The van der Waals surface area contributed by atoms with Crippen LogP contribution >= 0.6 is 34.4 Å². The second-order valence-corrected chi connectivity index (χ2v) is 12.7. The van der Waals surface area contributed by atoms with E-state index in [1.807, 2.05) is 0 Å². The Kier molecular flexibility index (Phi) is 11.2. The third-order valence-corrected chi connectivity index (χ3v) is 9.36. The third kappa shape index (κ3) is 7.94. The predicted octanol–water partition coefficient (Wildman–Crippen LogP) is 6.12. The lowest BCUT2D eigenvalue weighted by molar-refractivity contribution is -0.137. The van der Waals surface area contributed by atoms with Crippen LogP contribution in [0.4, 0.5) is 18.2 Å². The number of thiophene rings is 2. The number of hydrogen-bond acceptors (Lipinski definition) is 11. The van der Waals surface area contributed by atoms with Gasteiger partial charge in [0.05, 0.1) is 46.7 Å². The van der Waals surface area contributed by atoms with Crippen LogP contribution in [0.15, 0.2) is 46.9 Å². The second-order valence-electron chi connectivity index (χ2n) is 9.39. The zero-order chi connectivity index (χ0) is 33.6. The number of nitrogens with one attached hydrogen (secondary N) is 2. The van der Waals surface area contributed by atoms with E-state index in [-0.39, 0.29) is 57.4 Å². The fourth-order valence-electron chi connectivity index (χ4n) is 4.09. The molecule has 17 heteroatoms. The number of carbonyl (C=O) groups excluding carboxylic acids is 4. The van der Waals surface area contributed by atoms with E-state index >= 15 is 0 Å². The molecule has 4 rings (SSSR count). The fraction of sp³-hybridized carbons (Fsp3) is 0.310. The maximum Gasteiger partial charge on any atom is 0.416 e. The molecule has 0 saturated carbocycles. The van der Waals surface area contributed by atoms with Crippen molar-refractivity contribution >= 4 is 63.2 Å². The Labute approximate surface area is 273 Å². The highest BCUT2D eigenvalue weighted by Gasteiger charge is 2.32. The number of carbonyl (C=O) groups is 4. The Bertz CT molecular complexity index is 1740. The van der Waals surface area contributed by atoms with E-state index in [0.717, 1.165) is 35.2 Å². The quantitative estimate of drug-likeness (QED) is 0.132. The first-order valence-corrected chi connectivity index (χ1v) is 16.3. The molecule has 11 nitrogen and oxygen atoms in total. The molecule has 4 aromatic rings. The number of aromatic nitrogens is 3. The summed E-state index contributed by atoms with van der Waals surface area (Å²) < 4.78 is 52.3. The summed E-state index contributed by atoms with van der Waals surface area (Å²) in [5.41, 5.74) is -0.550. The van der Waals surface area contributed by atoms with Gasteiger partial charge in [-0.1, -0.05) is 23.9 Å². The molecule has 1 aromatic carbocycles. The molecule has 0 radical (unpaired) electrons. The van der Waals surface area contributed by atoms with Crippen LogP contribution in [-0.2, 0) is 27.0 Å². The predicted molar refractivity (Wildman–Crippen MR) is 167 cm³/mol. The molecular formula is C29H28F3N5O6S3. The number of esters is 2. The number of ether oxygens (including phenoxy) is 2. The van der Waals surface area contributed by atoms with E-state index in [0.29, 0.717) is 4.88 Å². The van der Waals surface area contributed by atoms with Crippen molar-refractivity contribution < 1.29 is 41.8 Å². The van der Waals surface area contributed by atoms with E-state index < -0.39 is 40.7 Å². The molecule has 3 heterocycles. The van der Waals surface area contributed by atoms with Crippen molar-refractivity contribution in [3.8, 4) is 5.69 Å². The first-order chi connectivity index (χ1) is 21.8. The standard InChI is InChI=1S/C29H28F3N5O6S3/c1-5-42-26(40)21-15(3)22(27(41)43-6-2)46-25(21)34-23(38)16(4)45-28-36-35-20(14-33-24(39)19-11-8-12-44-19)37(28)18-10-7-9-17(13-18)29(30,31)32/h7-13,16H,5-6,14H2,1-4H3,(H,33,39)(H,34,38). The number of hydrogen-bond donors (Lipinski definition) is 2. The highest BCUT2D eigenvalue weighted by atomic mass is 32.2. The Morgan fingerprint density at radius 3 is 2.41 bits per heavy atom. The summed E-state index contributed by atoms with van der Waals surface area (Å²) in [4.78, 5) is 51.8. The van der Waals surface area contributed by atoms with Crippen LogP contribution in [0.3, 0.4) is 0 Å². The average molecular weight is 696 g/mol. The Balaban J connectivity index is 1.64. The first kappa shape index (κ1) is 34.6. The van der Waals surface area contributed by atoms with Gasteiger partial charge in [-0.3, -0.25) is 14.2 Å². The number of halogens is 3. The lowest BCUT2D eigenvalue weighted by Crippen LogP contribution is -2.25. The van der Waals surface area contributed by atoms with Crippen LogP contribution in [0.25, 0.3) is 5.69 Å². The number of alkyl halides is 3. The van der Waals surface area contributed by atoms with Crippen LogP contribution in [0, 0.1) is 6.92 Å². The van der Waals surface area contributed by atoms with E-state index in [9.17, 15) is 32.3 Å². The molecule has 0 fully saturated rings. The maximum absolute atomic E-state index is 13.6. The SMILES string of the molecule is CCOC(=O)c1sc(NC(=O)C(C)Sc2nnc(CNC(=O)c3cccs3)n2-c2cccc(C(F)(F)F)c2)c(C(=O)OCC)c1C. The van der Waals surface area contributed by atoms with Crippen molar-refractivity contribution in [2.24, 2.45) is 0 Å². The topological polar surface area (TPSA) is 142 Å². The molecule has 0 saturated heterocycles. The monoisotopic (exact) mass is 695 g/mol. The van der Waals surface area contributed by atoms with Crippen molar-refractivity contribution in [1.29, 1.82) is 0 Å². The molecule has 1 atom stereocenters. The highest BCUT2D eigenvalue weighted by Crippen LogP contribution is 2.36. The highest BCUT2D eigenvalue weighted by molar-refractivity contribution is 8.00. The Morgan fingerprint density at radius 1 is 1.04 bits per heavy atom. The number of thioether (sulfide) groups is 1. The lowest BCUT2D eigenvalue weighted by Gasteiger charge is -2.15. The summed E-state index contributed by atoms with van der Waals surface area (Å²) in [6, 6.07) is 7.82. The second kappa shape index (κ2) is 14.9. The number of anilines is 1. The molecule has 244 valence electrons. The molecule has 3 aromatic heterocycles. The van der Waals surface area contributed by atoms with Crippen molar-refractivity contribution in [1.82, 2.24) is 20.1 Å². The van der Waals surface area contributed by atoms with Gasteiger partial charge < -0.3 is 20.1 Å². The van der Waals surface area contributed by atoms with Gasteiger partial charge in [-0.05, 0) is 62.9 Å². The molecular weight excluding hydrogens is 668 g/mol. The normalized spacial score (nSPS) is 12.0. The summed E-state index contributed by atoms with van der Waals surface area (Å²) >= 11 is 2.97. The van der Waals surface area contributed by atoms with Crippen LogP contribution < -0.4 is 10.6 Å². The molecule has 0 aliphatic carbocycles. The average Bonchev–Trinajstić information content (AvgIpc) is 3.75. The smallest absolute Gasteiger partial charge is 0.416 e. The van der Waals surface area contributed by atoms with Gasteiger partial charge in [0.2, 0.25) is 5.91 Å². The third-order valence-electron chi connectivity index (χ3n) is 6.26. The summed E-state index contributed by atoms with van der Waals surface area (Å²) in [6.45, 7) is 6.31. The fourth-order valence-corrected chi connectivity index (χ4v) is 6.71. The Hall–Kier alpha value is -4.22. The van der Waals surface area contributed by atoms with Crippen molar-refractivity contribution in [2.45, 2.75) is 50.8 Å². The molecule has 2 N–H and O–H groups in total. The largest absolute Gasteiger partial charge is 0.462 e. The minimum atomic E-state index is -4.63. The molecule has 0 spiro atoms. The van der Waals surface area contributed by atoms with Gasteiger partial charge in [-0.15, -0.1) is 32.9 Å². The van der Waals surface area contributed by atoms with Crippen LogP contribution in [-0.4, -0.2) is 57.0 Å². The molecule has 1 unspecified atom stereocenters. The van der Waals surface area contributed by atoms with Gasteiger partial charge in [0.1, 0.15) is 9.88 Å². The van der Waals surface area contributed by atoms with Crippen LogP contribution in [0.5, 0.6) is 0 Å². The minimum absolute atomic E-state index is 0.0105. The lowest BCUT2D eigenvalue weighted by atomic mass is 10.1. The molecule has 0 aliphatic rings. The van der Waals surface area contributed by atoms with Crippen molar-refractivity contribution in [3.05, 3.63) is 74.0 Å². The van der Waals surface area contributed by atoms with Crippen LogP contribution in [0.1, 0.15) is 67.4 Å². The van der Waals surface area contributed by atoms with E-state index in [1.165, 1.54) is 35.0 Å². The van der Waals surface area contributed by atoms with Crippen molar-refractivity contribution in [3.63, 3.8) is 0 Å². The Morgan fingerprint density at radius 2 is 1.76 bits per heavy atom. The summed E-state index contributed by atoms with van der Waals surface area (Å²) in [5, 5.41) is 14.5. The van der Waals surface area contributed by atoms with E-state index in [1.54, 1.807) is 38.3 Å². The number of rotatable bonds is 12. The summed E-state index contributed by atoms with van der Waals surface area (Å²) in [6.07, 6.45) is -4.63. The van der Waals surface area contributed by atoms with Gasteiger partial charge >= 0.3 is 18.1 Å².